The largest absolute Gasteiger partial charge is 0.508 e. The van der Waals surface area contributed by atoms with Crippen molar-refractivity contribution in [2.75, 3.05) is 33.4 Å². The van der Waals surface area contributed by atoms with Gasteiger partial charge >= 0.3 is 0 Å². The van der Waals surface area contributed by atoms with E-state index in [1.807, 2.05) is 16.9 Å². The molecule has 4 heterocycles. The molecule has 28 heavy (non-hydrogen) atoms. The van der Waals surface area contributed by atoms with E-state index in [-0.39, 0.29) is 17.6 Å². The summed E-state index contributed by atoms with van der Waals surface area (Å²) in [4.78, 5) is 14.0. The zero-order valence-electron chi connectivity index (χ0n) is 16.2. The van der Waals surface area contributed by atoms with Crippen molar-refractivity contribution in [1.29, 1.82) is 0 Å². The van der Waals surface area contributed by atoms with E-state index in [1.165, 1.54) is 4.90 Å². The van der Waals surface area contributed by atoms with E-state index in [0.29, 0.717) is 25.1 Å². The van der Waals surface area contributed by atoms with Gasteiger partial charge in [0.25, 0.3) is 0 Å². The number of hydrogen-bond acceptors (Lipinski definition) is 5. The van der Waals surface area contributed by atoms with Crippen molar-refractivity contribution in [3.63, 3.8) is 0 Å². The number of hydrogen-bond donors (Lipinski definition) is 3. The highest BCUT2D eigenvalue weighted by Gasteiger charge is 2.46. The Bertz CT molecular complexity index is 824. The van der Waals surface area contributed by atoms with Gasteiger partial charge in [0.15, 0.2) is 0 Å². The van der Waals surface area contributed by atoms with E-state index in [4.69, 9.17) is 4.74 Å². The maximum absolute atomic E-state index is 12.5. The second kappa shape index (κ2) is 8.28. The third-order valence-corrected chi connectivity index (χ3v) is 6.08. The first-order valence-corrected chi connectivity index (χ1v) is 9.95. The molecule has 8 heteroatoms. The molecule has 3 aliphatic rings. The highest BCUT2D eigenvalue weighted by atomic mass is 16.5. The van der Waals surface area contributed by atoms with Gasteiger partial charge in [-0.3, -0.25) is 4.79 Å². The molecule has 5 rings (SSSR count). The minimum Gasteiger partial charge on any atom is -0.508 e. The number of fused-ring (bicyclic) bond motifs is 3. The van der Waals surface area contributed by atoms with Gasteiger partial charge in [0, 0.05) is 32.1 Å². The molecule has 3 saturated heterocycles. The SMILES string of the molecule is COCCNC(=O)[C@H]1C[NH+]2CC[C@@H]1C[C@@H]2Cn1cc(-c2cccc(O)c2)nn1. The molecule has 3 fully saturated rings. The molecule has 4 atom stereocenters. The van der Waals surface area contributed by atoms with Crippen molar-refractivity contribution in [2.24, 2.45) is 11.8 Å². The van der Waals surface area contributed by atoms with Crippen LogP contribution in [-0.4, -0.2) is 65.4 Å². The fourth-order valence-electron chi connectivity index (χ4n) is 4.64. The van der Waals surface area contributed by atoms with Gasteiger partial charge < -0.3 is 20.1 Å². The monoisotopic (exact) mass is 386 g/mol. The lowest BCUT2D eigenvalue weighted by molar-refractivity contribution is -0.945. The Morgan fingerprint density at radius 2 is 2.36 bits per heavy atom. The van der Waals surface area contributed by atoms with Crippen LogP contribution in [0.4, 0.5) is 0 Å². The Kier molecular flexibility index (Phi) is 5.59. The van der Waals surface area contributed by atoms with Gasteiger partial charge in [-0.25, -0.2) is 4.68 Å². The van der Waals surface area contributed by atoms with E-state index < -0.39 is 0 Å². The lowest BCUT2D eigenvalue weighted by Gasteiger charge is -2.46. The second-order valence-electron chi connectivity index (χ2n) is 7.86. The molecule has 150 valence electrons. The number of phenolic OH excluding ortho intramolecular Hbond substituents is 1. The number of phenols is 1. The van der Waals surface area contributed by atoms with Crippen molar-refractivity contribution in [2.45, 2.75) is 25.4 Å². The van der Waals surface area contributed by atoms with Crippen LogP contribution in [0.3, 0.4) is 0 Å². The van der Waals surface area contributed by atoms with Crippen LogP contribution in [0.25, 0.3) is 11.3 Å². The molecule has 1 aromatic heterocycles. The molecule has 3 aliphatic heterocycles. The van der Waals surface area contributed by atoms with Gasteiger partial charge in [-0.1, -0.05) is 17.3 Å². The Morgan fingerprint density at radius 1 is 1.46 bits per heavy atom. The number of rotatable bonds is 7. The van der Waals surface area contributed by atoms with Gasteiger partial charge in [-0.2, -0.15) is 0 Å². The normalized spacial score (nSPS) is 26.3. The molecule has 8 nitrogen and oxygen atoms in total. The summed E-state index contributed by atoms with van der Waals surface area (Å²) >= 11 is 0. The Morgan fingerprint density at radius 3 is 3.11 bits per heavy atom. The van der Waals surface area contributed by atoms with Gasteiger partial charge in [-0.05, 0) is 18.1 Å². The van der Waals surface area contributed by atoms with Crippen LogP contribution in [0.2, 0.25) is 0 Å². The Labute approximate surface area is 164 Å². The fraction of sp³-hybridized carbons (Fsp3) is 0.550. The van der Waals surface area contributed by atoms with Crippen LogP contribution in [0, 0.1) is 11.8 Å². The van der Waals surface area contributed by atoms with E-state index >= 15 is 0 Å². The Hall–Kier alpha value is -2.45. The summed E-state index contributed by atoms with van der Waals surface area (Å²) in [5.74, 6) is 0.946. The van der Waals surface area contributed by atoms with Crippen LogP contribution >= 0.6 is 0 Å². The summed E-state index contributed by atoms with van der Waals surface area (Å²) in [7, 11) is 1.64. The number of carbonyl (C=O) groups excluding carboxylic acids is 1. The second-order valence-corrected chi connectivity index (χ2v) is 7.86. The number of methoxy groups -OCH3 is 1. The average molecular weight is 386 g/mol. The molecular weight excluding hydrogens is 358 g/mol. The number of aromatic hydroxyl groups is 1. The van der Waals surface area contributed by atoms with Gasteiger partial charge in [0.05, 0.1) is 38.4 Å². The third-order valence-electron chi connectivity index (χ3n) is 6.08. The molecule has 0 radical (unpaired) electrons. The number of nitrogens with one attached hydrogen (secondary N) is 2. The lowest BCUT2D eigenvalue weighted by atomic mass is 9.75. The first-order valence-electron chi connectivity index (χ1n) is 9.95. The van der Waals surface area contributed by atoms with Crippen LogP contribution in [-0.2, 0) is 16.1 Å². The Balaban J connectivity index is 1.37. The molecule has 0 aliphatic carbocycles. The summed E-state index contributed by atoms with van der Waals surface area (Å²) in [6, 6.07) is 7.51. The first-order chi connectivity index (χ1) is 13.6. The van der Waals surface area contributed by atoms with Crippen LogP contribution in [0.15, 0.2) is 30.5 Å². The first kappa shape index (κ1) is 18.9. The van der Waals surface area contributed by atoms with E-state index in [2.05, 4.69) is 15.6 Å². The number of amides is 1. The molecule has 1 aromatic carbocycles. The number of ether oxygens (including phenoxy) is 1. The summed E-state index contributed by atoms with van der Waals surface area (Å²) in [6.07, 6.45) is 4.09. The average Bonchev–Trinajstić information content (AvgIpc) is 3.17. The predicted octanol–water partition coefficient (Wildman–Crippen LogP) is -0.293. The topological polar surface area (TPSA) is 93.7 Å². The number of aromatic nitrogens is 3. The molecule has 1 amide bonds. The van der Waals surface area contributed by atoms with Crippen molar-refractivity contribution in [3.8, 4) is 17.0 Å². The fourth-order valence-corrected chi connectivity index (χ4v) is 4.64. The minimum atomic E-state index is 0.107. The van der Waals surface area contributed by atoms with Gasteiger partial charge in [0.2, 0.25) is 5.91 Å². The third kappa shape index (κ3) is 4.02. The number of nitrogens with zero attached hydrogens (tertiary/aromatic N) is 3. The molecule has 2 bridgehead atoms. The zero-order chi connectivity index (χ0) is 19.5. The van der Waals surface area contributed by atoms with Crippen LogP contribution in [0.1, 0.15) is 12.8 Å². The summed E-state index contributed by atoms with van der Waals surface area (Å²) in [5, 5.41) is 21.2. The minimum absolute atomic E-state index is 0.107. The summed E-state index contributed by atoms with van der Waals surface area (Å²) in [6.45, 7) is 3.94. The van der Waals surface area contributed by atoms with Crippen LogP contribution < -0.4 is 10.2 Å². The highest BCUT2D eigenvalue weighted by Crippen LogP contribution is 2.28. The zero-order valence-corrected chi connectivity index (χ0v) is 16.2. The number of benzene rings is 1. The van der Waals surface area contributed by atoms with E-state index in [0.717, 1.165) is 43.7 Å². The molecule has 3 N–H and O–H groups in total. The molecular formula is C20H28N5O3+. The summed E-state index contributed by atoms with van der Waals surface area (Å²) in [5.41, 5.74) is 1.62. The molecule has 0 saturated carbocycles. The standard InChI is InChI=1S/C20H27N5O3/c1-28-8-6-21-20(27)18-12-24-7-5-14(18)9-16(24)11-25-13-19(22-23-25)15-3-2-4-17(26)10-15/h2-4,10,13-14,16,18,26H,5-9,11-12H2,1H3,(H,21,27)/p+1/t14-,16-,18+/m1/s1. The van der Waals surface area contributed by atoms with E-state index in [9.17, 15) is 9.90 Å². The van der Waals surface area contributed by atoms with Gasteiger partial charge in [-0.15, -0.1) is 5.10 Å². The number of piperidine rings is 3. The molecule has 0 spiro atoms. The number of quaternary nitrogens is 1. The van der Waals surface area contributed by atoms with Gasteiger partial charge in [0.1, 0.15) is 17.5 Å². The van der Waals surface area contributed by atoms with Crippen molar-refractivity contribution in [3.05, 3.63) is 30.5 Å². The van der Waals surface area contributed by atoms with E-state index in [1.54, 1.807) is 25.3 Å². The predicted molar refractivity (Wildman–Crippen MR) is 103 cm³/mol. The maximum atomic E-state index is 12.5. The van der Waals surface area contributed by atoms with Crippen LogP contribution in [0.5, 0.6) is 5.75 Å². The van der Waals surface area contributed by atoms with Crippen molar-refractivity contribution in [1.82, 2.24) is 20.3 Å². The summed E-state index contributed by atoms with van der Waals surface area (Å²) < 4.78 is 6.91. The number of carbonyl (C=O) groups is 1. The highest BCUT2D eigenvalue weighted by molar-refractivity contribution is 5.79. The smallest absolute Gasteiger partial charge is 0.229 e. The molecule has 2 aromatic rings. The maximum Gasteiger partial charge on any atom is 0.229 e. The van der Waals surface area contributed by atoms with Crippen molar-refractivity contribution < 1.29 is 19.5 Å². The molecule has 1 unspecified atom stereocenters. The van der Waals surface area contributed by atoms with Crippen molar-refractivity contribution >= 4 is 5.91 Å². The lowest BCUT2D eigenvalue weighted by Crippen LogP contribution is -3.20. The quantitative estimate of drug-likeness (QED) is 0.569.